The van der Waals surface area contributed by atoms with Gasteiger partial charge in [-0.25, -0.2) is 0 Å². The summed E-state index contributed by atoms with van der Waals surface area (Å²) >= 11 is 0. The van der Waals surface area contributed by atoms with E-state index in [0.717, 1.165) is 43.4 Å². The smallest absolute Gasteiger partial charge is 0.242 e. The zero-order valence-corrected chi connectivity index (χ0v) is 22.2. The molecule has 186 valence electrons. The molecular weight excluding hydrogens is 422 g/mol. The van der Waals surface area contributed by atoms with Gasteiger partial charge in [0.15, 0.2) is 0 Å². The summed E-state index contributed by atoms with van der Waals surface area (Å²) in [6, 6.07) is 20.4. The molecular formula is C28H43N5O. The molecule has 0 spiro atoms. The molecule has 0 fully saturated rings. The van der Waals surface area contributed by atoms with Crippen LogP contribution in [0.4, 0.5) is 5.69 Å². The van der Waals surface area contributed by atoms with E-state index >= 15 is 0 Å². The van der Waals surface area contributed by atoms with Crippen LogP contribution in [0.25, 0.3) is 0 Å². The molecule has 0 bridgehead atoms. The minimum atomic E-state index is 0.135. The number of anilines is 1. The zero-order valence-electron chi connectivity index (χ0n) is 22.2. The Bertz CT molecular complexity index is 880. The van der Waals surface area contributed by atoms with Crippen LogP contribution in [0.2, 0.25) is 0 Å². The number of benzene rings is 2. The third-order valence-electron chi connectivity index (χ3n) is 5.31. The van der Waals surface area contributed by atoms with Crippen LogP contribution in [0.5, 0.6) is 0 Å². The van der Waals surface area contributed by atoms with Crippen LogP contribution in [0.1, 0.15) is 47.1 Å². The summed E-state index contributed by atoms with van der Waals surface area (Å²) in [6.07, 6.45) is 0. The maximum Gasteiger partial charge on any atom is 0.242 e. The molecule has 34 heavy (non-hydrogen) atoms. The number of rotatable bonds is 5. The third-order valence-corrected chi connectivity index (χ3v) is 5.31. The topological polar surface area (TPSA) is 51.5 Å². The molecule has 0 N–H and O–H groups in total. The van der Waals surface area contributed by atoms with Crippen molar-refractivity contribution in [2.24, 2.45) is 9.98 Å². The third kappa shape index (κ3) is 9.38. The minimum absolute atomic E-state index is 0.135. The van der Waals surface area contributed by atoms with E-state index in [1.54, 1.807) is 4.90 Å². The van der Waals surface area contributed by atoms with Gasteiger partial charge in [0.25, 0.3) is 0 Å². The fourth-order valence-corrected chi connectivity index (χ4v) is 3.50. The average molecular weight is 466 g/mol. The van der Waals surface area contributed by atoms with Crippen LogP contribution in [0.15, 0.2) is 70.6 Å². The molecule has 0 aromatic heterocycles. The van der Waals surface area contributed by atoms with Crippen molar-refractivity contribution in [1.29, 1.82) is 0 Å². The largest absolute Gasteiger partial charge is 0.349 e. The monoisotopic (exact) mass is 465 g/mol. The van der Waals surface area contributed by atoms with Crippen LogP contribution in [0.3, 0.4) is 0 Å². The number of hydrogen-bond acceptors (Lipinski definition) is 5. The Morgan fingerprint density at radius 3 is 1.85 bits per heavy atom. The number of likely N-dealkylation sites (N-methyl/N-ethyl adjacent to an activating group) is 1. The normalized spacial score (nSPS) is 13.9. The van der Waals surface area contributed by atoms with Crippen molar-refractivity contribution in [2.45, 2.75) is 48.1 Å². The Balaban J connectivity index is 0.000000313. The zero-order chi connectivity index (χ0) is 25.3. The van der Waals surface area contributed by atoms with Crippen LogP contribution < -0.4 is 4.90 Å². The molecule has 0 radical (unpaired) electrons. The van der Waals surface area contributed by atoms with E-state index in [-0.39, 0.29) is 5.91 Å². The Labute approximate surface area is 207 Å². The predicted octanol–water partition coefficient (Wildman–Crippen LogP) is 5.36. The van der Waals surface area contributed by atoms with Crippen molar-refractivity contribution in [3.8, 4) is 0 Å². The van der Waals surface area contributed by atoms with E-state index in [9.17, 15) is 4.79 Å². The van der Waals surface area contributed by atoms with Crippen molar-refractivity contribution < 1.29 is 4.79 Å². The van der Waals surface area contributed by atoms with E-state index in [0.29, 0.717) is 13.1 Å². The summed E-state index contributed by atoms with van der Waals surface area (Å²) < 4.78 is 0. The average Bonchev–Trinajstić information content (AvgIpc) is 3.51. The highest BCUT2D eigenvalue weighted by Crippen LogP contribution is 2.16. The van der Waals surface area contributed by atoms with Gasteiger partial charge in [-0.05, 0) is 31.5 Å². The first-order valence-corrected chi connectivity index (χ1v) is 12.4. The highest BCUT2D eigenvalue weighted by Gasteiger charge is 2.18. The summed E-state index contributed by atoms with van der Waals surface area (Å²) in [6.45, 7) is 16.7. The van der Waals surface area contributed by atoms with Gasteiger partial charge in [-0.2, -0.15) is 0 Å². The second-order valence-corrected chi connectivity index (χ2v) is 7.50. The van der Waals surface area contributed by atoms with Crippen molar-refractivity contribution in [1.82, 2.24) is 9.80 Å². The van der Waals surface area contributed by atoms with E-state index in [4.69, 9.17) is 0 Å². The highest BCUT2D eigenvalue weighted by atomic mass is 16.2. The van der Waals surface area contributed by atoms with Gasteiger partial charge in [0.05, 0.1) is 25.5 Å². The van der Waals surface area contributed by atoms with E-state index < -0.39 is 0 Å². The summed E-state index contributed by atoms with van der Waals surface area (Å²) in [5.41, 5.74) is 2.40. The Hall–Kier alpha value is -3.15. The minimum Gasteiger partial charge on any atom is -0.349 e. The lowest BCUT2D eigenvalue weighted by Gasteiger charge is -2.22. The fourth-order valence-electron chi connectivity index (χ4n) is 3.50. The first kappa shape index (κ1) is 28.9. The maximum atomic E-state index is 12.1. The standard InChI is InChI=1S/C14H19N3O.C10H12N2.2C2H6/c1-12-15-8-9-17(12)11-14(18)16(2)10-13-6-4-3-5-7-13;1-9-11-7-8-12(9)10-5-3-2-4-6-10;2*1-2/h3-7H,8-11H2,1-2H3;2-6H,7-8H2,1H3;2*1-2H3. The summed E-state index contributed by atoms with van der Waals surface area (Å²) in [4.78, 5) is 26.7. The molecule has 6 nitrogen and oxygen atoms in total. The molecule has 0 atom stereocenters. The van der Waals surface area contributed by atoms with Crippen LogP contribution in [-0.2, 0) is 11.3 Å². The lowest BCUT2D eigenvalue weighted by molar-refractivity contribution is -0.130. The Morgan fingerprint density at radius 1 is 0.824 bits per heavy atom. The molecule has 2 aromatic carbocycles. The number of amides is 1. The number of hydrogen-bond donors (Lipinski definition) is 0. The van der Waals surface area contributed by atoms with E-state index in [2.05, 4.69) is 46.1 Å². The van der Waals surface area contributed by atoms with Crippen LogP contribution >= 0.6 is 0 Å². The van der Waals surface area contributed by atoms with Gasteiger partial charge >= 0.3 is 0 Å². The lowest BCUT2D eigenvalue weighted by atomic mass is 10.2. The summed E-state index contributed by atoms with van der Waals surface area (Å²) in [5.74, 6) is 2.23. The van der Waals surface area contributed by atoms with Crippen molar-refractivity contribution in [3.05, 3.63) is 66.2 Å². The van der Waals surface area contributed by atoms with Crippen molar-refractivity contribution in [2.75, 3.05) is 44.7 Å². The molecule has 2 aromatic rings. The summed E-state index contributed by atoms with van der Waals surface area (Å²) in [5, 5.41) is 0. The molecule has 0 aliphatic carbocycles. The Morgan fingerprint density at radius 2 is 1.35 bits per heavy atom. The van der Waals surface area contributed by atoms with Crippen molar-refractivity contribution in [3.63, 3.8) is 0 Å². The van der Waals surface area contributed by atoms with Crippen LogP contribution in [-0.4, -0.2) is 67.1 Å². The fraction of sp³-hybridized carbons (Fsp3) is 0.464. The second-order valence-electron chi connectivity index (χ2n) is 7.50. The molecule has 4 rings (SSSR count). The van der Waals surface area contributed by atoms with Gasteiger partial charge in [0.2, 0.25) is 5.91 Å². The molecule has 0 saturated heterocycles. The first-order chi connectivity index (χ1) is 16.5. The van der Waals surface area contributed by atoms with E-state index in [1.807, 2.05) is 83.0 Å². The van der Waals surface area contributed by atoms with Gasteiger partial charge in [0.1, 0.15) is 5.84 Å². The summed E-state index contributed by atoms with van der Waals surface area (Å²) in [7, 11) is 1.85. The molecule has 0 unspecified atom stereocenters. The number of para-hydroxylation sites is 1. The molecule has 0 saturated carbocycles. The first-order valence-electron chi connectivity index (χ1n) is 12.4. The molecule has 2 aliphatic rings. The van der Waals surface area contributed by atoms with Crippen LogP contribution in [0, 0.1) is 0 Å². The molecule has 2 aliphatic heterocycles. The number of amidine groups is 2. The molecule has 1 amide bonds. The number of carbonyl (C=O) groups is 1. The predicted molar refractivity (Wildman–Crippen MR) is 147 cm³/mol. The van der Waals surface area contributed by atoms with Gasteiger partial charge in [-0.15, -0.1) is 0 Å². The SMILES string of the molecule is CC.CC.CC1=NCCN1CC(=O)N(C)Cc1ccccc1.CC1=NCCN1c1ccccc1. The lowest BCUT2D eigenvalue weighted by Crippen LogP contribution is -2.39. The van der Waals surface area contributed by atoms with Gasteiger partial charge in [-0.3, -0.25) is 14.8 Å². The quantitative estimate of drug-likeness (QED) is 0.598. The number of carbonyl (C=O) groups excluding carboxylic acids is 1. The maximum absolute atomic E-state index is 12.1. The highest BCUT2D eigenvalue weighted by molar-refractivity contribution is 5.97. The second kappa shape index (κ2) is 16.5. The van der Waals surface area contributed by atoms with Gasteiger partial charge in [0, 0.05) is 32.4 Å². The van der Waals surface area contributed by atoms with E-state index in [1.165, 1.54) is 5.69 Å². The Kier molecular flexibility index (Phi) is 14.0. The van der Waals surface area contributed by atoms with Gasteiger partial charge in [-0.1, -0.05) is 76.2 Å². The van der Waals surface area contributed by atoms with Gasteiger partial charge < -0.3 is 14.7 Å². The molecule has 6 heteroatoms. The molecule has 2 heterocycles. The number of aliphatic imine (C=N–C) groups is 2. The van der Waals surface area contributed by atoms with Crippen molar-refractivity contribution >= 4 is 23.3 Å². The number of nitrogens with zero attached hydrogens (tertiary/aromatic N) is 5.